The minimum absolute atomic E-state index is 0.121. The molecule has 5 heteroatoms. The number of benzene rings is 1. The van der Waals surface area contributed by atoms with E-state index in [1.807, 2.05) is 0 Å². The third-order valence-corrected chi connectivity index (χ3v) is 2.30. The zero-order chi connectivity index (χ0) is 12.7. The Kier molecular flexibility index (Phi) is 5.42. The van der Waals surface area contributed by atoms with E-state index in [4.69, 9.17) is 10.5 Å². The van der Waals surface area contributed by atoms with Crippen molar-refractivity contribution in [2.75, 3.05) is 19.7 Å². The van der Waals surface area contributed by atoms with Crippen molar-refractivity contribution in [3.05, 3.63) is 30.1 Å². The average molecular weight is 240 g/mol. The SMILES string of the molecule is CC(CN)C(=O)NCCOc1ccccc1F. The monoisotopic (exact) mass is 240 g/mol. The standard InChI is InChI=1S/C12H17FN2O2/c1-9(8-14)12(16)15-6-7-17-11-5-3-2-4-10(11)13/h2-5,9H,6-8,14H2,1H3,(H,15,16). The molecule has 1 unspecified atom stereocenters. The fraction of sp³-hybridized carbons (Fsp3) is 0.417. The van der Waals surface area contributed by atoms with Crippen molar-refractivity contribution >= 4 is 5.91 Å². The number of halogens is 1. The number of rotatable bonds is 6. The zero-order valence-corrected chi connectivity index (χ0v) is 9.78. The molecule has 0 fully saturated rings. The summed E-state index contributed by atoms with van der Waals surface area (Å²) in [4.78, 5) is 11.3. The summed E-state index contributed by atoms with van der Waals surface area (Å²) in [6.07, 6.45) is 0. The number of nitrogens with one attached hydrogen (secondary N) is 1. The van der Waals surface area contributed by atoms with Gasteiger partial charge in [-0.2, -0.15) is 0 Å². The molecule has 0 aromatic heterocycles. The summed E-state index contributed by atoms with van der Waals surface area (Å²) < 4.78 is 18.3. The topological polar surface area (TPSA) is 64.4 Å². The van der Waals surface area contributed by atoms with Crippen LogP contribution in [0.3, 0.4) is 0 Å². The summed E-state index contributed by atoms with van der Waals surface area (Å²) in [5, 5.41) is 2.66. The lowest BCUT2D eigenvalue weighted by Crippen LogP contribution is -2.35. The second kappa shape index (κ2) is 6.85. The van der Waals surface area contributed by atoms with Crippen LogP contribution in [0.1, 0.15) is 6.92 Å². The first-order valence-corrected chi connectivity index (χ1v) is 5.50. The maximum atomic E-state index is 13.1. The smallest absolute Gasteiger partial charge is 0.224 e. The van der Waals surface area contributed by atoms with Crippen LogP contribution < -0.4 is 15.8 Å². The number of amides is 1. The molecule has 0 spiro atoms. The van der Waals surface area contributed by atoms with Gasteiger partial charge in [0, 0.05) is 12.5 Å². The van der Waals surface area contributed by atoms with Gasteiger partial charge in [-0.3, -0.25) is 4.79 Å². The number of hydrogen-bond donors (Lipinski definition) is 2. The molecule has 1 aromatic rings. The maximum Gasteiger partial charge on any atom is 0.224 e. The molecule has 1 rings (SSSR count). The first-order valence-electron chi connectivity index (χ1n) is 5.50. The van der Waals surface area contributed by atoms with Gasteiger partial charge in [0.05, 0.1) is 6.54 Å². The van der Waals surface area contributed by atoms with Crippen molar-refractivity contribution in [2.24, 2.45) is 11.7 Å². The summed E-state index contributed by atoms with van der Waals surface area (Å²) in [6, 6.07) is 6.14. The first-order chi connectivity index (χ1) is 8.15. The molecule has 0 radical (unpaired) electrons. The molecule has 0 aliphatic rings. The normalized spacial score (nSPS) is 11.9. The van der Waals surface area contributed by atoms with E-state index in [1.165, 1.54) is 6.07 Å². The van der Waals surface area contributed by atoms with Crippen molar-refractivity contribution in [3.8, 4) is 5.75 Å². The lowest BCUT2D eigenvalue weighted by molar-refractivity contribution is -0.124. The van der Waals surface area contributed by atoms with E-state index in [0.29, 0.717) is 13.1 Å². The Hall–Kier alpha value is -1.62. The molecule has 0 aliphatic heterocycles. The molecular formula is C12H17FN2O2. The summed E-state index contributed by atoms with van der Waals surface area (Å²) in [6.45, 7) is 2.61. The Bertz CT molecular complexity index is 371. The van der Waals surface area contributed by atoms with Gasteiger partial charge in [0.1, 0.15) is 6.61 Å². The molecule has 17 heavy (non-hydrogen) atoms. The summed E-state index contributed by atoms with van der Waals surface area (Å²) in [7, 11) is 0. The van der Waals surface area contributed by atoms with Crippen LogP contribution in [0.5, 0.6) is 5.75 Å². The van der Waals surface area contributed by atoms with Crippen molar-refractivity contribution in [3.63, 3.8) is 0 Å². The molecule has 4 nitrogen and oxygen atoms in total. The van der Waals surface area contributed by atoms with E-state index in [1.54, 1.807) is 25.1 Å². The molecule has 0 bridgehead atoms. The fourth-order valence-electron chi connectivity index (χ4n) is 1.18. The summed E-state index contributed by atoms with van der Waals surface area (Å²) >= 11 is 0. The predicted octanol–water partition coefficient (Wildman–Crippen LogP) is 0.916. The first kappa shape index (κ1) is 13.4. The number of ether oxygens (including phenoxy) is 1. The van der Waals surface area contributed by atoms with Gasteiger partial charge < -0.3 is 15.8 Å². The van der Waals surface area contributed by atoms with Gasteiger partial charge in [-0.25, -0.2) is 4.39 Å². The summed E-state index contributed by atoms with van der Waals surface area (Å²) in [5.41, 5.74) is 5.35. The highest BCUT2D eigenvalue weighted by Gasteiger charge is 2.09. The number of carbonyl (C=O) groups is 1. The molecule has 1 amide bonds. The number of para-hydroxylation sites is 1. The Morgan fingerprint density at radius 2 is 2.24 bits per heavy atom. The molecular weight excluding hydrogens is 223 g/mol. The van der Waals surface area contributed by atoms with E-state index in [0.717, 1.165) is 0 Å². The second-order valence-corrected chi connectivity index (χ2v) is 3.71. The van der Waals surface area contributed by atoms with Gasteiger partial charge >= 0.3 is 0 Å². The molecule has 0 aliphatic carbocycles. The Morgan fingerprint density at radius 3 is 2.88 bits per heavy atom. The van der Waals surface area contributed by atoms with Crippen molar-refractivity contribution in [2.45, 2.75) is 6.92 Å². The largest absolute Gasteiger partial charge is 0.489 e. The number of nitrogens with two attached hydrogens (primary N) is 1. The Labute approximate surface area is 100.0 Å². The van der Waals surface area contributed by atoms with Gasteiger partial charge in [0.25, 0.3) is 0 Å². The maximum absolute atomic E-state index is 13.1. The van der Waals surface area contributed by atoms with Gasteiger partial charge in [-0.1, -0.05) is 19.1 Å². The highest BCUT2D eigenvalue weighted by molar-refractivity contribution is 5.78. The van der Waals surface area contributed by atoms with E-state index >= 15 is 0 Å². The fourth-order valence-corrected chi connectivity index (χ4v) is 1.18. The van der Waals surface area contributed by atoms with Crippen molar-refractivity contribution in [1.82, 2.24) is 5.32 Å². The van der Waals surface area contributed by atoms with E-state index in [-0.39, 0.29) is 24.2 Å². The van der Waals surface area contributed by atoms with E-state index < -0.39 is 5.82 Å². The van der Waals surface area contributed by atoms with Crippen molar-refractivity contribution < 1.29 is 13.9 Å². The lowest BCUT2D eigenvalue weighted by atomic mass is 10.2. The predicted molar refractivity (Wildman–Crippen MR) is 63.1 cm³/mol. The van der Waals surface area contributed by atoms with Crippen LogP contribution in [0.2, 0.25) is 0 Å². The van der Waals surface area contributed by atoms with Crippen molar-refractivity contribution in [1.29, 1.82) is 0 Å². The van der Waals surface area contributed by atoms with Gasteiger partial charge in [0.2, 0.25) is 5.91 Å². The molecule has 0 heterocycles. The van der Waals surface area contributed by atoms with Crippen LogP contribution in [-0.2, 0) is 4.79 Å². The van der Waals surface area contributed by atoms with Crippen LogP contribution in [0, 0.1) is 11.7 Å². The molecule has 1 atom stereocenters. The van der Waals surface area contributed by atoms with Crippen LogP contribution in [-0.4, -0.2) is 25.6 Å². The molecule has 3 N–H and O–H groups in total. The highest BCUT2D eigenvalue weighted by Crippen LogP contribution is 2.14. The Morgan fingerprint density at radius 1 is 1.53 bits per heavy atom. The third kappa shape index (κ3) is 4.40. The Balaban J connectivity index is 2.25. The van der Waals surface area contributed by atoms with E-state index in [2.05, 4.69) is 5.32 Å². The van der Waals surface area contributed by atoms with Crippen LogP contribution in [0.15, 0.2) is 24.3 Å². The minimum Gasteiger partial charge on any atom is -0.489 e. The quantitative estimate of drug-likeness (QED) is 0.727. The van der Waals surface area contributed by atoms with E-state index in [9.17, 15) is 9.18 Å². The van der Waals surface area contributed by atoms with Crippen LogP contribution in [0.4, 0.5) is 4.39 Å². The van der Waals surface area contributed by atoms with Gasteiger partial charge in [0.15, 0.2) is 11.6 Å². The average Bonchev–Trinajstić information content (AvgIpc) is 2.35. The highest BCUT2D eigenvalue weighted by atomic mass is 19.1. The molecule has 0 saturated carbocycles. The molecule has 94 valence electrons. The third-order valence-electron chi connectivity index (χ3n) is 2.30. The lowest BCUT2D eigenvalue weighted by Gasteiger charge is -2.11. The zero-order valence-electron chi connectivity index (χ0n) is 9.78. The number of carbonyl (C=O) groups excluding carboxylic acids is 1. The van der Waals surface area contributed by atoms with Gasteiger partial charge in [-0.15, -0.1) is 0 Å². The van der Waals surface area contributed by atoms with Crippen LogP contribution >= 0.6 is 0 Å². The number of hydrogen-bond acceptors (Lipinski definition) is 3. The van der Waals surface area contributed by atoms with Crippen LogP contribution in [0.25, 0.3) is 0 Å². The van der Waals surface area contributed by atoms with Gasteiger partial charge in [-0.05, 0) is 12.1 Å². The molecule has 0 saturated heterocycles. The molecule has 1 aromatic carbocycles. The minimum atomic E-state index is -0.408. The summed E-state index contributed by atoms with van der Waals surface area (Å²) in [5.74, 6) is -0.559. The second-order valence-electron chi connectivity index (χ2n) is 3.71.